The molecule has 0 aliphatic heterocycles. The molecular weight excluding hydrogens is 320 g/mol. The van der Waals surface area contributed by atoms with Gasteiger partial charge in [-0.15, -0.1) is 0 Å². The average Bonchev–Trinajstić information content (AvgIpc) is 2.63. The van der Waals surface area contributed by atoms with Gasteiger partial charge in [-0.05, 0) is 24.3 Å². The van der Waals surface area contributed by atoms with E-state index in [1.165, 1.54) is 24.3 Å². The second-order valence-corrected chi connectivity index (χ2v) is 4.75. The molecule has 24 heavy (non-hydrogen) atoms. The maximum absolute atomic E-state index is 12.9. The molecule has 10 nitrogen and oxygen atoms in total. The van der Waals surface area contributed by atoms with Gasteiger partial charge in [0, 0.05) is 0 Å². The van der Waals surface area contributed by atoms with Crippen molar-refractivity contribution in [2.45, 2.75) is 0 Å². The van der Waals surface area contributed by atoms with E-state index in [1.54, 1.807) is 0 Å². The van der Waals surface area contributed by atoms with Gasteiger partial charge >= 0.3 is 0 Å². The average molecular weight is 332 g/mol. The van der Waals surface area contributed by atoms with Gasteiger partial charge in [-0.25, -0.2) is 0 Å². The zero-order chi connectivity index (χ0) is 17.4. The van der Waals surface area contributed by atoms with Gasteiger partial charge in [0.2, 0.25) is 11.6 Å². The van der Waals surface area contributed by atoms with Gasteiger partial charge in [-0.1, -0.05) is 0 Å². The summed E-state index contributed by atoms with van der Waals surface area (Å²) in [7, 11) is 0. The molecule has 0 atom stereocenters. The fraction of sp³-hybridized carbons (Fsp3) is 0. The van der Waals surface area contributed by atoms with E-state index in [4.69, 9.17) is 23.6 Å². The normalized spacial score (nSPS) is 12.3. The molecule has 2 aromatic carbocycles. The molecule has 0 fully saturated rings. The van der Waals surface area contributed by atoms with Crippen LogP contribution in [0.15, 0.2) is 24.3 Å². The lowest BCUT2D eigenvalue weighted by Gasteiger charge is -2.23. The van der Waals surface area contributed by atoms with Gasteiger partial charge < -0.3 is 19.4 Å². The van der Waals surface area contributed by atoms with Crippen molar-refractivity contribution in [2.75, 3.05) is 0 Å². The van der Waals surface area contributed by atoms with Crippen molar-refractivity contribution in [3.63, 3.8) is 0 Å². The first-order valence-electron chi connectivity index (χ1n) is 6.49. The Hall–Kier alpha value is -3.18. The minimum Gasteiger partial charge on any atom is -0.411 e. The highest BCUT2D eigenvalue weighted by Gasteiger charge is 2.40. The molecule has 0 saturated heterocycles. The maximum Gasteiger partial charge on any atom is 0.202 e. The molecule has 10 heteroatoms. The largest absolute Gasteiger partial charge is 0.411 e. The Labute approximate surface area is 134 Å². The Morgan fingerprint density at radius 1 is 0.500 bits per heavy atom. The molecule has 0 heterocycles. The van der Waals surface area contributed by atoms with E-state index >= 15 is 0 Å². The number of hydrogen-bond acceptors (Lipinski definition) is 10. The SMILES string of the molecule is NOc1ccc(ON)c2c1C(=O)c1c(ON)ccc(ON)c1C2=O. The highest BCUT2D eigenvalue weighted by Crippen LogP contribution is 2.43. The van der Waals surface area contributed by atoms with Crippen LogP contribution < -0.4 is 42.9 Å². The first-order valence-corrected chi connectivity index (χ1v) is 6.49. The van der Waals surface area contributed by atoms with Crippen molar-refractivity contribution < 1.29 is 28.9 Å². The first-order chi connectivity index (χ1) is 11.6. The van der Waals surface area contributed by atoms with E-state index in [2.05, 4.69) is 19.4 Å². The molecule has 1 aliphatic rings. The van der Waals surface area contributed by atoms with Gasteiger partial charge in [0.05, 0.1) is 22.3 Å². The van der Waals surface area contributed by atoms with E-state index < -0.39 is 11.6 Å². The molecular formula is C14H12N4O6. The zero-order valence-corrected chi connectivity index (χ0v) is 12.1. The quantitative estimate of drug-likeness (QED) is 0.454. The third-order valence-corrected chi connectivity index (χ3v) is 3.67. The summed E-state index contributed by atoms with van der Waals surface area (Å²) in [6, 6.07) is 5.35. The number of ketones is 2. The predicted molar refractivity (Wildman–Crippen MR) is 79.0 cm³/mol. The molecule has 0 aromatic heterocycles. The number of carbonyl (C=O) groups is 2. The Bertz CT molecular complexity index is 729. The van der Waals surface area contributed by atoms with Crippen molar-refractivity contribution in [1.82, 2.24) is 0 Å². The predicted octanol–water partition coefficient (Wildman–Crippen LogP) is -0.528. The van der Waals surface area contributed by atoms with Crippen molar-refractivity contribution >= 4 is 11.6 Å². The van der Waals surface area contributed by atoms with Gasteiger partial charge in [0.15, 0.2) is 23.0 Å². The Morgan fingerprint density at radius 2 is 0.708 bits per heavy atom. The molecule has 8 N–H and O–H groups in total. The van der Waals surface area contributed by atoms with Crippen LogP contribution in [0.1, 0.15) is 31.8 Å². The van der Waals surface area contributed by atoms with E-state index in [0.717, 1.165) is 0 Å². The second kappa shape index (κ2) is 5.79. The van der Waals surface area contributed by atoms with Crippen LogP contribution >= 0.6 is 0 Å². The molecule has 0 saturated carbocycles. The molecule has 0 bridgehead atoms. The summed E-state index contributed by atoms with van der Waals surface area (Å²) >= 11 is 0. The van der Waals surface area contributed by atoms with Crippen molar-refractivity contribution in [3.8, 4) is 23.0 Å². The second-order valence-electron chi connectivity index (χ2n) is 4.75. The Morgan fingerprint density at radius 3 is 0.875 bits per heavy atom. The summed E-state index contributed by atoms with van der Waals surface area (Å²) in [5, 5.41) is 0. The number of nitrogens with two attached hydrogens (primary N) is 4. The Balaban J connectivity index is 2.42. The summed E-state index contributed by atoms with van der Waals surface area (Å²) in [4.78, 5) is 44.6. The highest BCUT2D eigenvalue weighted by atomic mass is 16.6. The molecule has 124 valence electrons. The summed E-state index contributed by atoms with van der Waals surface area (Å²) < 4.78 is 0. The van der Waals surface area contributed by atoms with Crippen molar-refractivity contribution in [2.24, 2.45) is 23.6 Å². The molecule has 0 spiro atoms. The van der Waals surface area contributed by atoms with E-state index in [-0.39, 0.29) is 45.3 Å². The smallest absolute Gasteiger partial charge is 0.202 e. The zero-order valence-electron chi connectivity index (χ0n) is 12.1. The molecule has 0 unspecified atom stereocenters. The van der Waals surface area contributed by atoms with Crippen LogP contribution in [0.3, 0.4) is 0 Å². The first kappa shape index (κ1) is 15.7. The summed E-state index contributed by atoms with van der Waals surface area (Å²) in [6.45, 7) is 0. The topological polar surface area (TPSA) is 175 Å². The van der Waals surface area contributed by atoms with Gasteiger partial charge in [0.1, 0.15) is 0 Å². The van der Waals surface area contributed by atoms with E-state index in [0.29, 0.717) is 0 Å². The van der Waals surface area contributed by atoms with Gasteiger partial charge in [0.25, 0.3) is 0 Å². The summed E-state index contributed by atoms with van der Waals surface area (Å²) in [6.07, 6.45) is 0. The van der Waals surface area contributed by atoms with Crippen molar-refractivity contribution in [1.29, 1.82) is 0 Å². The monoisotopic (exact) mass is 332 g/mol. The van der Waals surface area contributed by atoms with Crippen LogP contribution in [0.4, 0.5) is 0 Å². The summed E-state index contributed by atoms with van der Waals surface area (Å²) in [5.41, 5.74) is -0.535. The minimum atomic E-state index is -0.640. The molecule has 2 aromatic rings. The molecule has 3 rings (SSSR count). The standard InChI is InChI=1S/C14H12N4O6/c15-21-5-1-2-6(22-16)10-9(5)13(19)11-7(23-17)3-4-8(24-18)12(11)14(10)20/h1-4H,15-18H2. The van der Waals surface area contributed by atoms with Crippen LogP contribution in [-0.4, -0.2) is 11.6 Å². The fourth-order valence-corrected chi connectivity index (χ4v) is 2.67. The highest BCUT2D eigenvalue weighted by molar-refractivity contribution is 6.32. The number of benzene rings is 2. The number of carbonyl (C=O) groups excluding carboxylic acids is 2. The molecule has 0 amide bonds. The van der Waals surface area contributed by atoms with Crippen LogP contribution in [0, 0.1) is 0 Å². The number of rotatable bonds is 4. The van der Waals surface area contributed by atoms with E-state index in [9.17, 15) is 9.59 Å². The Kier molecular flexibility index (Phi) is 3.79. The minimum absolute atomic E-state index is 0.0446. The van der Waals surface area contributed by atoms with Crippen LogP contribution in [0.25, 0.3) is 0 Å². The van der Waals surface area contributed by atoms with Gasteiger partial charge in [-0.3, -0.25) is 9.59 Å². The number of fused-ring (bicyclic) bond motifs is 2. The van der Waals surface area contributed by atoms with Crippen LogP contribution in [-0.2, 0) is 0 Å². The molecule has 1 aliphatic carbocycles. The van der Waals surface area contributed by atoms with Crippen LogP contribution in [0.2, 0.25) is 0 Å². The lowest BCUT2D eigenvalue weighted by molar-refractivity contribution is 0.0965. The molecule has 0 radical (unpaired) electrons. The lowest BCUT2D eigenvalue weighted by Crippen LogP contribution is -2.27. The van der Waals surface area contributed by atoms with Crippen molar-refractivity contribution in [3.05, 3.63) is 46.5 Å². The number of hydrogen-bond donors (Lipinski definition) is 4. The third-order valence-electron chi connectivity index (χ3n) is 3.67. The van der Waals surface area contributed by atoms with E-state index in [1.807, 2.05) is 0 Å². The fourth-order valence-electron chi connectivity index (χ4n) is 2.67. The van der Waals surface area contributed by atoms with Crippen LogP contribution in [0.5, 0.6) is 23.0 Å². The lowest BCUT2D eigenvalue weighted by atomic mass is 9.82. The summed E-state index contributed by atoms with van der Waals surface area (Å²) in [5.74, 6) is 19.3. The maximum atomic E-state index is 12.9. The third kappa shape index (κ3) is 1.99. The van der Waals surface area contributed by atoms with Gasteiger partial charge in [-0.2, -0.15) is 23.6 Å².